The maximum absolute atomic E-state index is 6.03. The zero-order valence-corrected chi connectivity index (χ0v) is 14.7. The highest BCUT2D eigenvalue weighted by atomic mass is 35.5. The number of rotatable bonds is 3. The van der Waals surface area contributed by atoms with Crippen molar-refractivity contribution >= 4 is 28.8 Å². The van der Waals surface area contributed by atoms with Gasteiger partial charge < -0.3 is 4.74 Å². The number of methoxy groups -OCH3 is 1. The van der Waals surface area contributed by atoms with E-state index in [1.165, 1.54) is 0 Å². The molecule has 0 spiro atoms. The van der Waals surface area contributed by atoms with Crippen molar-refractivity contribution in [2.24, 2.45) is 10.1 Å². The fourth-order valence-corrected chi connectivity index (χ4v) is 2.84. The Balaban J connectivity index is 1.88. The molecule has 1 aliphatic rings. The van der Waals surface area contributed by atoms with Gasteiger partial charge in [0.2, 0.25) is 0 Å². The average Bonchev–Trinajstić information content (AvgIpc) is 2.88. The molecule has 0 unspecified atom stereocenters. The van der Waals surface area contributed by atoms with E-state index in [-0.39, 0.29) is 0 Å². The molecule has 2 aromatic carbocycles. The Hall–Kier alpha value is -3.18. The molecule has 0 saturated carbocycles. The van der Waals surface area contributed by atoms with Gasteiger partial charge >= 0.3 is 0 Å². The number of amidine groups is 1. The molecule has 6 heteroatoms. The number of benzene rings is 2. The van der Waals surface area contributed by atoms with Crippen molar-refractivity contribution < 1.29 is 4.74 Å². The molecule has 0 radical (unpaired) electrons. The number of hydrogen-bond donors (Lipinski definition) is 1. The Bertz CT molecular complexity index is 998. The maximum atomic E-state index is 6.03. The number of halogens is 1. The van der Waals surface area contributed by atoms with Crippen LogP contribution in [0, 0.1) is 0 Å². The van der Waals surface area contributed by atoms with E-state index in [1.807, 2.05) is 54.6 Å². The number of aliphatic imine (C=N–C) groups is 1. The highest BCUT2D eigenvalue weighted by Gasteiger charge is 2.18. The third-order valence-electron chi connectivity index (χ3n) is 4.04. The van der Waals surface area contributed by atoms with Gasteiger partial charge in [0, 0.05) is 34.1 Å². The predicted octanol–water partition coefficient (Wildman–Crippen LogP) is 4.18. The number of nitrogens with zero attached hydrogens (tertiary/aromatic N) is 3. The van der Waals surface area contributed by atoms with E-state index in [2.05, 4.69) is 15.5 Å². The first-order chi connectivity index (χ1) is 12.7. The second kappa shape index (κ2) is 6.98. The Morgan fingerprint density at radius 2 is 1.69 bits per heavy atom. The molecular formula is C20H15ClN4O. The normalized spacial score (nSPS) is 13.0. The smallest absolute Gasteiger partial charge is 0.154 e. The van der Waals surface area contributed by atoms with Crippen LogP contribution in [0.3, 0.4) is 0 Å². The molecule has 0 fully saturated rings. The molecule has 5 nitrogen and oxygen atoms in total. The molecule has 0 aliphatic carbocycles. The Labute approximate surface area is 156 Å². The van der Waals surface area contributed by atoms with Crippen LogP contribution in [0.4, 0.5) is 5.69 Å². The van der Waals surface area contributed by atoms with E-state index in [0.29, 0.717) is 10.9 Å². The van der Waals surface area contributed by atoms with Crippen molar-refractivity contribution in [1.82, 2.24) is 10.4 Å². The van der Waals surface area contributed by atoms with Gasteiger partial charge in [-0.2, -0.15) is 5.10 Å². The quantitative estimate of drug-likeness (QED) is 0.760. The van der Waals surface area contributed by atoms with Crippen LogP contribution in [0.1, 0.15) is 16.7 Å². The van der Waals surface area contributed by atoms with E-state index in [1.54, 1.807) is 19.5 Å². The Kier molecular flexibility index (Phi) is 4.37. The van der Waals surface area contributed by atoms with Crippen molar-refractivity contribution in [1.29, 1.82) is 0 Å². The van der Waals surface area contributed by atoms with Gasteiger partial charge in [-0.3, -0.25) is 10.4 Å². The van der Waals surface area contributed by atoms with E-state index in [0.717, 1.165) is 33.8 Å². The lowest BCUT2D eigenvalue weighted by atomic mass is 10.0. The number of ether oxygens (including phenoxy) is 1. The van der Waals surface area contributed by atoms with Crippen molar-refractivity contribution in [3.8, 4) is 5.75 Å². The highest BCUT2D eigenvalue weighted by Crippen LogP contribution is 2.29. The topological polar surface area (TPSA) is 58.9 Å². The van der Waals surface area contributed by atoms with Crippen LogP contribution in [0.2, 0.25) is 5.02 Å². The molecule has 3 aromatic rings. The van der Waals surface area contributed by atoms with Gasteiger partial charge in [-0.05, 0) is 42.5 Å². The molecule has 1 N–H and O–H groups in total. The summed E-state index contributed by atoms with van der Waals surface area (Å²) in [5.74, 6) is 1.40. The fourth-order valence-electron chi connectivity index (χ4n) is 2.71. The second-order valence-electron chi connectivity index (χ2n) is 5.66. The van der Waals surface area contributed by atoms with Crippen LogP contribution >= 0.6 is 11.6 Å². The molecule has 0 saturated heterocycles. The molecule has 128 valence electrons. The lowest BCUT2D eigenvalue weighted by Gasteiger charge is -2.09. The summed E-state index contributed by atoms with van der Waals surface area (Å²) in [5, 5.41) is 5.29. The Morgan fingerprint density at radius 1 is 0.923 bits per heavy atom. The molecular weight excluding hydrogens is 348 g/mol. The summed E-state index contributed by atoms with van der Waals surface area (Å²) in [4.78, 5) is 8.81. The fraction of sp³-hybridized carbons (Fsp3) is 0.0500. The lowest BCUT2D eigenvalue weighted by Crippen LogP contribution is -2.19. The van der Waals surface area contributed by atoms with Crippen LogP contribution in [-0.2, 0) is 0 Å². The van der Waals surface area contributed by atoms with Crippen molar-refractivity contribution in [3.63, 3.8) is 0 Å². The SMILES string of the molecule is COc1ccc2c(c1)C(c1ccc(Cl)cc1)=NNC(c1ccncc1)=N2. The van der Waals surface area contributed by atoms with Crippen LogP contribution in [0.15, 0.2) is 77.1 Å². The maximum Gasteiger partial charge on any atom is 0.154 e. The van der Waals surface area contributed by atoms with Crippen LogP contribution in [-0.4, -0.2) is 23.6 Å². The summed E-state index contributed by atoms with van der Waals surface area (Å²) in [5.41, 5.74) is 7.37. The number of nitrogens with one attached hydrogen (secondary N) is 1. The predicted molar refractivity (Wildman–Crippen MR) is 104 cm³/mol. The number of fused-ring (bicyclic) bond motifs is 1. The first-order valence-electron chi connectivity index (χ1n) is 8.02. The minimum Gasteiger partial charge on any atom is -0.497 e. The van der Waals surface area contributed by atoms with Gasteiger partial charge in [-0.1, -0.05) is 23.7 Å². The summed E-state index contributed by atoms with van der Waals surface area (Å²) in [6.07, 6.45) is 3.45. The number of pyridine rings is 1. The van der Waals surface area contributed by atoms with Gasteiger partial charge in [-0.25, -0.2) is 4.99 Å². The van der Waals surface area contributed by atoms with Crippen LogP contribution < -0.4 is 10.2 Å². The zero-order valence-electron chi connectivity index (χ0n) is 14.0. The van der Waals surface area contributed by atoms with Crippen molar-refractivity contribution in [2.75, 3.05) is 7.11 Å². The molecule has 0 bridgehead atoms. The first-order valence-corrected chi connectivity index (χ1v) is 8.39. The largest absolute Gasteiger partial charge is 0.497 e. The molecule has 26 heavy (non-hydrogen) atoms. The molecule has 0 amide bonds. The summed E-state index contributed by atoms with van der Waals surface area (Å²) >= 11 is 6.03. The molecule has 1 aromatic heterocycles. The minimum atomic E-state index is 0.655. The van der Waals surface area contributed by atoms with Crippen LogP contribution in [0.25, 0.3) is 0 Å². The van der Waals surface area contributed by atoms with Crippen molar-refractivity contribution in [2.45, 2.75) is 0 Å². The molecule has 1 aliphatic heterocycles. The molecule has 0 atom stereocenters. The van der Waals surface area contributed by atoms with Gasteiger partial charge in [0.1, 0.15) is 11.5 Å². The molecule has 4 rings (SSSR count). The van der Waals surface area contributed by atoms with Crippen LogP contribution in [0.5, 0.6) is 5.75 Å². The third-order valence-corrected chi connectivity index (χ3v) is 4.29. The van der Waals surface area contributed by atoms with E-state index in [9.17, 15) is 0 Å². The van der Waals surface area contributed by atoms with Gasteiger partial charge in [0.15, 0.2) is 5.84 Å². The van der Waals surface area contributed by atoms with Crippen molar-refractivity contribution in [3.05, 3.63) is 88.7 Å². The first kappa shape index (κ1) is 16.3. The average molecular weight is 363 g/mol. The summed E-state index contributed by atoms with van der Waals surface area (Å²) in [6, 6.07) is 17.1. The molecule has 2 heterocycles. The van der Waals surface area contributed by atoms with Gasteiger partial charge in [-0.15, -0.1) is 0 Å². The van der Waals surface area contributed by atoms with E-state index in [4.69, 9.17) is 21.3 Å². The van der Waals surface area contributed by atoms with Gasteiger partial charge in [0.05, 0.1) is 12.8 Å². The number of aromatic nitrogens is 1. The van der Waals surface area contributed by atoms with E-state index >= 15 is 0 Å². The van der Waals surface area contributed by atoms with Gasteiger partial charge in [0.25, 0.3) is 0 Å². The summed E-state index contributed by atoms with van der Waals surface area (Å²) < 4.78 is 5.38. The Morgan fingerprint density at radius 3 is 2.42 bits per heavy atom. The lowest BCUT2D eigenvalue weighted by molar-refractivity contribution is 0.415. The standard InChI is InChI=1S/C20H15ClN4O/c1-26-16-6-7-18-17(12-16)19(13-2-4-15(21)5-3-13)24-25-20(23-18)14-8-10-22-11-9-14/h2-12H,1H3,(H,23,25). The zero-order chi connectivity index (χ0) is 17.9. The highest BCUT2D eigenvalue weighted by molar-refractivity contribution is 6.30. The minimum absolute atomic E-state index is 0.655. The second-order valence-corrected chi connectivity index (χ2v) is 6.09. The third kappa shape index (κ3) is 3.17. The number of hydrazone groups is 1. The summed E-state index contributed by atoms with van der Waals surface area (Å²) in [7, 11) is 1.64. The monoisotopic (exact) mass is 362 g/mol. The van der Waals surface area contributed by atoms with E-state index < -0.39 is 0 Å². The summed E-state index contributed by atoms with van der Waals surface area (Å²) in [6.45, 7) is 0. The number of hydrogen-bond acceptors (Lipinski definition) is 5.